The van der Waals surface area contributed by atoms with E-state index in [1.807, 2.05) is 18.2 Å². The minimum absolute atomic E-state index is 0.0324. The number of hydrogen-bond acceptors (Lipinski definition) is 9. The van der Waals surface area contributed by atoms with Gasteiger partial charge in [-0.25, -0.2) is 4.79 Å². The van der Waals surface area contributed by atoms with E-state index in [2.05, 4.69) is 15.4 Å². The first-order valence-corrected chi connectivity index (χ1v) is 12.1. The summed E-state index contributed by atoms with van der Waals surface area (Å²) in [4.78, 5) is 61.3. The van der Waals surface area contributed by atoms with Crippen molar-refractivity contribution >= 4 is 35.4 Å². The lowest BCUT2D eigenvalue weighted by molar-refractivity contribution is -0.173. The molecular formula is C29H28N2O9. The third-order valence-corrected chi connectivity index (χ3v) is 5.32. The average Bonchev–Trinajstić information content (AvgIpc) is 2.94. The van der Waals surface area contributed by atoms with E-state index in [4.69, 9.17) is 14.2 Å². The Morgan fingerprint density at radius 3 is 1.80 bits per heavy atom. The first-order valence-electron chi connectivity index (χ1n) is 12.1. The van der Waals surface area contributed by atoms with Crippen LogP contribution in [0.3, 0.4) is 0 Å². The molecule has 0 radical (unpaired) electrons. The van der Waals surface area contributed by atoms with Crippen molar-refractivity contribution < 1.29 is 42.9 Å². The lowest BCUT2D eigenvalue weighted by Gasteiger charge is -2.25. The van der Waals surface area contributed by atoms with E-state index < -0.39 is 41.9 Å². The number of carbonyl (C=O) groups excluding carboxylic acids is 5. The third-order valence-electron chi connectivity index (χ3n) is 5.32. The molecule has 3 aromatic carbocycles. The zero-order valence-electron chi connectivity index (χ0n) is 22.0. The molecule has 0 saturated heterocycles. The number of nitrogens with one attached hydrogen (secondary N) is 2. The van der Waals surface area contributed by atoms with E-state index in [-0.39, 0.29) is 6.54 Å². The summed E-state index contributed by atoms with van der Waals surface area (Å²) in [5.41, 5.74) is 1.24. The van der Waals surface area contributed by atoms with Crippen molar-refractivity contribution in [2.75, 3.05) is 12.4 Å². The fraction of sp³-hybridized carbons (Fsp3) is 0.207. The number of hydrogen-bond donors (Lipinski definition) is 2. The summed E-state index contributed by atoms with van der Waals surface area (Å²) in [5, 5.41) is 5.11. The number of anilines is 1. The molecule has 0 unspecified atom stereocenters. The number of ether oxygens (including phenoxy) is 4. The Hall–Kier alpha value is -5.19. The number of benzene rings is 3. The van der Waals surface area contributed by atoms with Crippen LogP contribution in [0.2, 0.25) is 0 Å². The second kappa shape index (κ2) is 14.1. The molecular weight excluding hydrogens is 520 g/mol. The fourth-order valence-electron chi connectivity index (χ4n) is 3.47. The highest BCUT2D eigenvalue weighted by molar-refractivity contribution is 6.00. The molecule has 3 rings (SSSR count). The van der Waals surface area contributed by atoms with E-state index in [1.54, 1.807) is 48.5 Å². The lowest BCUT2D eigenvalue weighted by atomic mass is 10.1. The highest BCUT2D eigenvalue weighted by Crippen LogP contribution is 2.23. The Labute approximate surface area is 230 Å². The maximum absolute atomic E-state index is 13.1. The summed E-state index contributed by atoms with van der Waals surface area (Å²) in [7, 11) is 1.26. The maximum atomic E-state index is 13.1. The van der Waals surface area contributed by atoms with E-state index >= 15 is 0 Å². The van der Waals surface area contributed by atoms with E-state index in [9.17, 15) is 24.0 Å². The highest BCUT2D eigenvalue weighted by Gasteiger charge is 2.39. The van der Waals surface area contributed by atoms with Crippen molar-refractivity contribution in [2.24, 2.45) is 0 Å². The van der Waals surface area contributed by atoms with Crippen molar-refractivity contribution in [3.63, 3.8) is 0 Å². The van der Waals surface area contributed by atoms with Crippen LogP contribution in [0.25, 0.3) is 0 Å². The van der Waals surface area contributed by atoms with Crippen molar-refractivity contribution in [2.45, 2.75) is 32.6 Å². The van der Waals surface area contributed by atoms with Crippen LogP contribution in [0.5, 0.6) is 11.5 Å². The average molecular weight is 549 g/mol. The highest BCUT2D eigenvalue weighted by atomic mass is 16.6. The first-order chi connectivity index (χ1) is 19.2. The van der Waals surface area contributed by atoms with Gasteiger partial charge >= 0.3 is 17.9 Å². The molecule has 0 saturated carbocycles. The fourth-order valence-corrected chi connectivity index (χ4v) is 3.47. The largest absolute Gasteiger partial charge is 0.465 e. The normalized spacial score (nSPS) is 11.8. The summed E-state index contributed by atoms with van der Waals surface area (Å²) in [6.07, 6.45) is -3.57. The lowest BCUT2D eigenvalue weighted by Crippen LogP contribution is -2.51. The molecule has 0 aliphatic rings. The molecule has 208 valence electrons. The molecule has 0 fully saturated rings. The zero-order chi connectivity index (χ0) is 29.1. The van der Waals surface area contributed by atoms with Crippen LogP contribution >= 0.6 is 0 Å². The smallest absolute Gasteiger partial charge is 0.337 e. The molecule has 11 nitrogen and oxygen atoms in total. The van der Waals surface area contributed by atoms with Crippen molar-refractivity contribution in [1.29, 1.82) is 0 Å². The Morgan fingerprint density at radius 1 is 0.700 bits per heavy atom. The van der Waals surface area contributed by atoms with Gasteiger partial charge in [-0.1, -0.05) is 30.3 Å². The molecule has 2 N–H and O–H groups in total. The standard InChI is InChI=1S/C29H28N2O9/c1-18(32)38-25(27(34)30-17-20-9-11-21(12-10-20)29(36)37-3)26(39-19(2)33)28(35)31-22-13-15-24(16-14-22)40-23-7-5-4-6-8-23/h4-16,25-26H,17H2,1-3H3,(H,30,34)(H,31,35)/t25-,26-/m1/s1. The predicted molar refractivity (Wildman–Crippen MR) is 142 cm³/mol. The molecule has 3 aromatic rings. The molecule has 2 amide bonds. The SMILES string of the molecule is COC(=O)c1ccc(CNC(=O)[C@H](OC(C)=O)[C@@H](OC(C)=O)C(=O)Nc2ccc(Oc3ccccc3)cc2)cc1. The first kappa shape index (κ1) is 29.4. The van der Waals surface area contributed by atoms with Crippen LogP contribution in [-0.4, -0.2) is 49.0 Å². The van der Waals surface area contributed by atoms with Gasteiger partial charge in [0.25, 0.3) is 11.8 Å². The van der Waals surface area contributed by atoms with Gasteiger partial charge in [0.05, 0.1) is 12.7 Å². The number of esters is 3. The maximum Gasteiger partial charge on any atom is 0.337 e. The van der Waals surface area contributed by atoms with Gasteiger partial charge < -0.3 is 29.6 Å². The van der Waals surface area contributed by atoms with Gasteiger partial charge in [0.15, 0.2) is 0 Å². The van der Waals surface area contributed by atoms with Gasteiger partial charge in [0.1, 0.15) is 11.5 Å². The van der Waals surface area contributed by atoms with Gasteiger partial charge in [-0.2, -0.15) is 0 Å². The molecule has 0 aliphatic carbocycles. The number of methoxy groups -OCH3 is 1. The van der Waals surface area contributed by atoms with Crippen LogP contribution in [0, 0.1) is 0 Å². The summed E-state index contributed by atoms with van der Waals surface area (Å²) in [5.74, 6) is -2.87. The number of rotatable bonds is 11. The van der Waals surface area contributed by atoms with E-state index in [1.165, 1.54) is 19.2 Å². The van der Waals surface area contributed by atoms with Gasteiger partial charge in [-0.15, -0.1) is 0 Å². The van der Waals surface area contributed by atoms with Crippen LogP contribution in [0.1, 0.15) is 29.8 Å². The van der Waals surface area contributed by atoms with Gasteiger partial charge in [-0.3, -0.25) is 19.2 Å². The molecule has 40 heavy (non-hydrogen) atoms. The van der Waals surface area contributed by atoms with Crippen LogP contribution in [0.15, 0.2) is 78.9 Å². The Kier molecular flexibility index (Phi) is 10.4. The minimum Gasteiger partial charge on any atom is -0.465 e. The summed E-state index contributed by atoms with van der Waals surface area (Å²) < 4.78 is 20.6. The van der Waals surface area contributed by atoms with Gasteiger partial charge in [0.2, 0.25) is 12.2 Å². The summed E-state index contributed by atoms with van der Waals surface area (Å²) in [6.45, 7) is 2.08. The predicted octanol–water partition coefficient (Wildman–Crippen LogP) is 3.38. The van der Waals surface area contributed by atoms with Crippen LogP contribution in [0.4, 0.5) is 5.69 Å². The Bertz CT molecular complexity index is 1340. The van der Waals surface area contributed by atoms with Gasteiger partial charge in [-0.05, 0) is 54.1 Å². The summed E-state index contributed by atoms with van der Waals surface area (Å²) in [6, 6.07) is 21.7. The van der Waals surface area contributed by atoms with Crippen molar-refractivity contribution in [3.05, 3.63) is 90.0 Å². The molecule has 11 heteroatoms. The molecule has 0 aromatic heterocycles. The Morgan fingerprint density at radius 2 is 1.25 bits per heavy atom. The number of carbonyl (C=O) groups is 5. The number of para-hydroxylation sites is 1. The zero-order valence-corrected chi connectivity index (χ0v) is 22.0. The summed E-state index contributed by atoms with van der Waals surface area (Å²) >= 11 is 0. The quantitative estimate of drug-likeness (QED) is 0.272. The molecule has 0 heterocycles. The minimum atomic E-state index is -1.79. The molecule has 0 aliphatic heterocycles. The molecule has 2 atom stereocenters. The second-order valence-electron chi connectivity index (χ2n) is 8.40. The van der Waals surface area contributed by atoms with E-state index in [0.717, 1.165) is 13.8 Å². The monoisotopic (exact) mass is 548 g/mol. The van der Waals surface area contributed by atoms with Gasteiger partial charge in [0, 0.05) is 26.1 Å². The second-order valence-corrected chi connectivity index (χ2v) is 8.40. The Balaban J connectivity index is 1.71. The van der Waals surface area contributed by atoms with Crippen molar-refractivity contribution in [3.8, 4) is 11.5 Å². The third kappa shape index (κ3) is 8.69. The topological polar surface area (TPSA) is 146 Å². The van der Waals surface area contributed by atoms with Crippen LogP contribution < -0.4 is 15.4 Å². The molecule has 0 bridgehead atoms. The van der Waals surface area contributed by atoms with Crippen molar-refractivity contribution in [1.82, 2.24) is 5.32 Å². The van der Waals surface area contributed by atoms with Crippen LogP contribution in [-0.2, 0) is 39.9 Å². The molecule has 0 spiro atoms. The number of amides is 2. The van der Waals surface area contributed by atoms with E-state index in [0.29, 0.717) is 28.3 Å².